The topological polar surface area (TPSA) is 29.1 Å². The van der Waals surface area contributed by atoms with Gasteiger partial charge in [-0.05, 0) is 25.5 Å². The third-order valence-corrected chi connectivity index (χ3v) is 3.67. The maximum Gasteiger partial charge on any atom is 0.132 e. The fourth-order valence-electron chi connectivity index (χ4n) is 2.71. The van der Waals surface area contributed by atoms with Gasteiger partial charge in [0.1, 0.15) is 5.78 Å². The zero-order chi connectivity index (χ0) is 11.4. The van der Waals surface area contributed by atoms with Crippen molar-refractivity contribution in [3.63, 3.8) is 0 Å². The SMILES string of the molecule is CNCC1(c2ccccc2)CCC(=O)CC1. The minimum Gasteiger partial charge on any atom is -0.319 e. The molecule has 1 saturated carbocycles. The van der Waals surface area contributed by atoms with Crippen molar-refractivity contribution in [1.29, 1.82) is 0 Å². The lowest BCUT2D eigenvalue weighted by molar-refractivity contribution is -0.121. The van der Waals surface area contributed by atoms with Gasteiger partial charge >= 0.3 is 0 Å². The van der Waals surface area contributed by atoms with E-state index >= 15 is 0 Å². The summed E-state index contributed by atoms with van der Waals surface area (Å²) < 4.78 is 0. The summed E-state index contributed by atoms with van der Waals surface area (Å²) in [5, 5.41) is 3.28. The fraction of sp³-hybridized carbons (Fsp3) is 0.500. The number of carbonyl (C=O) groups is 1. The van der Waals surface area contributed by atoms with Crippen LogP contribution in [-0.2, 0) is 10.2 Å². The van der Waals surface area contributed by atoms with Gasteiger partial charge in [-0.3, -0.25) is 4.79 Å². The van der Waals surface area contributed by atoms with Crippen LogP contribution in [0.2, 0.25) is 0 Å². The average Bonchev–Trinajstić information content (AvgIpc) is 2.34. The molecule has 0 unspecified atom stereocenters. The Morgan fingerprint density at radius 1 is 1.19 bits per heavy atom. The predicted octanol–water partition coefficient (Wildman–Crippen LogP) is 2.29. The number of Topliss-reactive ketones (excluding diaryl/α,β-unsaturated/α-hetero) is 1. The van der Waals surface area contributed by atoms with Crippen molar-refractivity contribution >= 4 is 5.78 Å². The van der Waals surface area contributed by atoms with Gasteiger partial charge in [-0.25, -0.2) is 0 Å². The van der Waals surface area contributed by atoms with Crippen molar-refractivity contribution < 1.29 is 4.79 Å². The molecule has 0 radical (unpaired) electrons. The number of likely N-dealkylation sites (N-methyl/N-ethyl adjacent to an activating group) is 1. The van der Waals surface area contributed by atoms with Crippen molar-refractivity contribution in [1.82, 2.24) is 5.32 Å². The molecule has 0 aromatic heterocycles. The monoisotopic (exact) mass is 217 g/mol. The molecule has 2 rings (SSSR count). The van der Waals surface area contributed by atoms with Crippen LogP contribution < -0.4 is 5.32 Å². The Morgan fingerprint density at radius 3 is 2.38 bits per heavy atom. The van der Waals surface area contributed by atoms with Gasteiger partial charge in [0, 0.05) is 24.8 Å². The average molecular weight is 217 g/mol. The minimum absolute atomic E-state index is 0.171. The van der Waals surface area contributed by atoms with Gasteiger partial charge in [-0.1, -0.05) is 30.3 Å². The van der Waals surface area contributed by atoms with Gasteiger partial charge in [0.05, 0.1) is 0 Å². The Balaban J connectivity index is 2.25. The van der Waals surface area contributed by atoms with E-state index in [1.54, 1.807) is 0 Å². The number of ketones is 1. The van der Waals surface area contributed by atoms with E-state index in [1.165, 1.54) is 5.56 Å². The third kappa shape index (κ3) is 2.17. The first-order chi connectivity index (χ1) is 7.77. The summed E-state index contributed by atoms with van der Waals surface area (Å²) in [6.45, 7) is 0.963. The molecule has 0 bridgehead atoms. The Labute approximate surface area is 97.1 Å². The number of rotatable bonds is 3. The van der Waals surface area contributed by atoms with E-state index in [0.717, 1.165) is 32.2 Å². The van der Waals surface area contributed by atoms with E-state index in [9.17, 15) is 4.79 Å². The van der Waals surface area contributed by atoms with Crippen LogP contribution in [0.1, 0.15) is 31.2 Å². The van der Waals surface area contributed by atoms with E-state index < -0.39 is 0 Å². The highest BCUT2D eigenvalue weighted by molar-refractivity contribution is 5.79. The molecule has 16 heavy (non-hydrogen) atoms. The minimum atomic E-state index is 0.171. The maximum absolute atomic E-state index is 11.4. The standard InChI is InChI=1S/C14H19NO/c1-15-11-14(9-7-13(16)8-10-14)12-5-3-2-4-6-12/h2-6,15H,7-11H2,1H3. The molecule has 0 atom stereocenters. The van der Waals surface area contributed by atoms with Crippen molar-refractivity contribution in [2.75, 3.05) is 13.6 Å². The second kappa shape index (κ2) is 4.79. The fourth-order valence-corrected chi connectivity index (χ4v) is 2.71. The Bertz CT molecular complexity index is 348. The highest BCUT2D eigenvalue weighted by Crippen LogP contribution is 2.37. The van der Waals surface area contributed by atoms with E-state index in [1.807, 2.05) is 13.1 Å². The maximum atomic E-state index is 11.4. The zero-order valence-corrected chi connectivity index (χ0v) is 9.83. The number of carbonyl (C=O) groups excluding carboxylic acids is 1. The lowest BCUT2D eigenvalue weighted by Gasteiger charge is -2.37. The molecule has 1 aliphatic rings. The predicted molar refractivity (Wildman–Crippen MR) is 65.5 cm³/mol. The molecule has 0 spiro atoms. The number of hydrogen-bond donors (Lipinski definition) is 1. The molecule has 0 aliphatic heterocycles. The largest absolute Gasteiger partial charge is 0.319 e. The summed E-state index contributed by atoms with van der Waals surface area (Å²) in [5.74, 6) is 0.419. The lowest BCUT2D eigenvalue weighted by Crippen LogP contribution is -2.40. The molecular weight excluding hydrogens is 198 g/mol. The van der Waals surface area contributed by atoms with E-state index in [2.05, 4.69) is 29.6 Å². The first-order valence-electron chi connectivity index (χ1n) is 5.99. The smallest absolute Gasteiger partial charge is 0.132 e. The molecule has 0 heterocycles. The zero-order valence-electron chi connectivity index (χ0n) is 9.83. The van der Waals surface area contributed by atoms with Crippen molar-refractivity contribution in [2.45, 2.75) is 31.1 Å². The quantitative estimate of drug-likeness (QED) is 0.841. The Kier molecular flexibility index (Phi) is 3.39. The number of hydrogen-bond acceptors (Lipinski definition) is 2. The normalized spacial score (nSPS) is 19.7. The van der Waals surface area contributed by atoms with Gasteiger partial charge < -0.3 is 5.32 Å². The highest BCUT2D eigenvalue weighted by Gasteiger charge is 2.35. The number of nitrogens with one attached hydrogen (secondary N) is 1. The summed E-state index contributed by atoms with van der Waals surface area (Å²) in [5.41, 5.74) is 1.54. The molecule has 1 aromatic carbocycles. The summed E-state index contributed by atoms with van der Waals surface area (Å²) in [7, 11) is 1.99. The highest BCUT2D eigenvalue weighted by atomic mass is 16.1. The van der Waals surface area contributed by atoms with Gasteiger partial charge in [-0.2, -0.15) is 0 Å². The molecular formula is C14H19NO. The van der Waals surface area contributed by atoms with Crippen molar-refractivity contribution in [2.24, 2.45) is 0 Å². The molecule has 2 nitrogen and oxygen atoms in total. The molecule has 1 N–H and O–H groups in total. The first-order valence-corrected chi connectivity index (χ1v) is 5.99. The molecule has 1 fully saturated rings. The van der Waals surface area contributed by atoms with Gasteiger partial charge in [0.25, 0.3) is 0 Å². The molecule has 1 aromatic rings. The van der Waals surface area contributed by atoms with Crippen LogP contribution in [-0.4, -0.2) is 19.4 Å². The van der Waals surface area contributed by atoms with E-state index in [0.29, 0.717) is 5.78 Å². The molecule has 1 aliphatic carbocycles. The molecule has 86 valence electrons. The van der Waals surface area contributed by atoms with Crippen LogP contribution in [0.15, 0.2) is 30.3 Å². The third-order valence-electron chi connectivity index (χ3n) is 3.67. The molecule has 0 saturated heterocycles. The van der Waals surface area contributed by atoms with Gasteiger partial charge in [-0.15, -0.1) is 0 Å². The van der Waals surface area contributed by atoms with Crippen molar-refractivity contribution in [3.05, 3.63) is 35.9 Å². The summed E-state index contributed by atoms with van der Waals surface area (Å²) in [4.78, 5) is 11.4. The van der Waals surface area contributed by atoms with Gasteiger partial charge in [0.2, 0.25) is 0 Å². The van der Waals surface area contributed by atoms with Crippen LogP contribution in [0.3, 0.4) is 0 Å². The van der Waals surface area contributed by atoms with Crippen molar-refractivity contribution in [3.8, 4) is 0 Å². The Morgan fingerprint density at radius 2 is 1.81 bits per heavy atom. The van der Waals surface area contributed by atoms with Crippen LogP contribution in [0, 0.1) is 0 Å². The first kappa shape index (κ1) is 11.3. The van der Waals surface area contributed by atoms with E-state index in [4.69, 9.17) is 0 Å². The van der Waals surface area contributed by atoms with Gasteiger partial charge in [0.15, 0.2) is 0 Å². The molecule has 2 heteroatoms. The van der Waals surface area contributed by atoms with Crippen LogP contribution in [0.4, 0.5) is 0 Å². The summed E-state index contributed by atoms with van der Waals surface area (Å²) in [6, 6.07) is 10.6. The second-order valence-electron chi connectivity index (χ2n) is 4.72. The number of benzene rings is 1. The second-order valence-corrected chi connectivity index (χ2v) is 4.72. The summed E-state index contributed by atoms with van der Waals surface area (Å²) >= 11 is 0. The van der Waals surface area contributed by atoms with Crippen LogP contribution >= 0.6 is 0 Å². The van der Waals surface area contributed by atoms with Crippen LogP contribution in [0.25, 0.3) is 0 Å². The summed E-state index contributed by atoms with van der Waals surface area (Å²) in [6.07, 6.45) is 3.43. The lowest BCUT2D eigenvalue weighted by atomic mass is 9.69. The van der Waals surface area contributed by atoms with E-state index in [-0.39, 0.29) is 5.41 Å². The Hall–Kier alpha value is -1.15. The van der Waals surface area contributed by atoms with Crippen LogP contribution in [0.5, 0.6) is 0 Å². The molecule has 0 amide bonds.